The minimum atomic E-state index is -0.570. The van der Waals surface area contributed by atoms with Crippen LogP contribution < -0.4 is 5.32 Å². The van der Waals surface area contributed by atoms with Gasteiger partial charge in [0.05, 0.1) is 0 Å². The Hall–Kier alpha value is -0.650. The second-order valence-electron chi connectivity index (χ2n) is 5.17. The summed E-state index contributed by atoms with van der Waals surface area (Å²) in [5.74, 6) is 0.197. The number of nitrogens with one attached hydrogen (secondary N) is 1. The minimum absolute atomic E-state index is 0.197. The summed E-state index contributed by atoms with van der Waals surface area (Å²) in [6.07, 6.45) is 1.58. The van der Waals surface area contributed by atoms with E-state index in [9.17, 15) is 4.79 Å². The lowest BCUT2D eigenvalue weighted by molar-refractivity contribution is -0.160. The van der Waals surface area contributed by atoms with Crippen LogP contribution in [0, 0.1) is 0 Å². The molecule has 0 aromatic rings. The van der Waals surface area contributed by atoms with Crippen LogP contribution in [0.3, 0.4) is 0 Å². The molecule has 2 aliphatic heterocycles. The van der Waals surface area contributed by atoms with Gasteiger partial charge in [0.15, 0.2) is 0 Å². The zero-order chi connectivity index (χ0) is 13.0. The highest BCUT2D eigenvalue weighted by Crippen LogP contribution is 2.25. The predicted octanol–water partition coefficient (Wildman–Crippen LogP) is -0.0809. The van der Waals surface area contributed by atoms with Crippen LogP contribution in [0.25, 0.3) is 0 Å². The van der Waals surface area contributed by atoms with Gasteiger partial charge in [0.25, 0.3) is 5.91 Å². The fourth-order valence-electron chi connectivity index (χ4n) is 2.89. The second kappa shape index (κ2) is 5.99. The van der Waals surface area contributed by atoms with Gasteiger partial charge in [-0.25, -0.2) is 0 Å². The molecule has 5 nitrogen and oxygen atoms in total. The molecular weight excluding hydrogens is 230 g/mol. The van der Waals surface area contributed by atoms with E-state index >= 15 is 0 Å². The number of carbonyl (C=O) groups excluding carboxylic acids is 1. The molecule has 2 saturated heterocycles. The normalized spacial score (nSPS) is 25.1. The van der Waals surface area contributed by atoms with Crippen molar-refractivity contribution in [2.75, 3.05) is 52.9 Å². The maximum atomic E-state index is 12.7. The molecular formula is C13H25N3O2. The van der Waals surface area contributed by atoms with Gasteiger partial charge in [0.1, 0.15) is 5.60 Å². The SMILES string of the molecule is CCN1CCN(C(=O)C2(OC)CCNCC2)CC1. The monoisotopic (exact) mass is 255 g/mol. The minimum Gasteiger partial charge on any atom is -0.368 e. The van der Waals surface area contributed by atoms with Crippen molar-refractivity contribution in [3.63, 3.8) is 0 Å². The second-order valence-corrected chi connectivity index (χ2v) is 5.17. The van der Waals surface area contributed by atoms with E-state index < -0.39 is 5.60 Å². The molecule has 2 aliphatic rings. The average molecular weight is 255 g/mol. The first kappa shape index (κ1) is 13.8. The Kier molecular flexibility index (Phi) is 4.59. The van der Waals surface area contributed by atoms with Gasteiger partial charge in [0.2, 0.25) is 0 Å². The van der Waals surface area contributed by atoms with Crippen molar-refractivity contribution in [3.05, 3.63) is 0 Å². The van der Waals surface area contributed by atoms with E-state index in [4.69, 9.17) is 4.74 Å². The highest BCUT2D eigenvalue weighted by atomic mass is 16.5. The number of methoxy groups -OCH3 is 1. The predicted molar refractivity (Wildman–Crippen MR) is 70.5 cm³/mol. The fraction of sp³-hybridized carbons (Fsp3) is 0.923. The summed E-state index contributed by atoms with van der Waals surface area (Å²) in [6.45, 7) is 8.63. The van der Waals surface area contributed by atoms with E-state index in [1.54, 1.807) is 7.11 Å². The van der Waals surface area contributed by atoms with Crippen LogP contribution >= 0.6 is 0 Å². The summed E-state index contributed by atoms with van der Waals surface area (Å²) in [5.41, 5.74) is -0.570. The first-order valence-corrected chi connectivity index (χ1v) is 6.99. The van der Waals surface area contributed by atoms with Crippen molar-refractivity contribution >= 4 is 5.91 Å². The summed E-state index contributed by atoms with van der Waals surface area (Å²) < 4.78 is 5.60. The zero-order valence-electron chi connectivity index (χ0n) is 11.6. The van der Waals surface area contributed by atoms with Gasteiger partial charge < -0.3 is 19.9 Å². The van der Waals surface area contributed by atoms with Crippen molar-refractivity contribution in [1.29, 1.82) is 0 Å². The Balaban J connectivity index is 1.97. The highest BCUT2D eigenvalue weighted by Gasteiger charge is 2.42. The molecule has 5 heteroatoms. The molecule has 2 rings (SSSR count). The summed E-state index contributed by atoms with van der Waals surface area (Å²) in [6, 6.07) is 0. The maximum Gasteiger partial charge on any atom is 0.254 e. The molecule has 0 atom stereocenters. The van der Waals surface area contributed by atoms with E-state index in [1.165, 1.54) is 0 Å². The van der Waals surface area contributed by atoms with Crippen LogP contribution in [0.15, 0.2) is 0 Å². The van der Waals surface area contributed by atoms with E-state index in [1.807, 2.05) is 4.90 Å². The number of ether oxygens (including phenoxy) is 1. The van der Waals surface area contributed by atoms with Crippen LogP contribution in [-0.2, 0) is 9.53 Å². The van der Waals surface area contributed by atoms with Gasteiger partial charge in [-0.1, -0.05) is 6.92 Å². The number of hydrogen-bond donors (Lipinski definition) is 1. The molecule has 0 aromatic carbocycles. The molecule has 18 heavy (non-hydrogen) atoms. The average Bonchev–Trinajstić information content (AvgIpc) is 2.47. The van der Waals surface area contributed by atoms with Gasteiger partial charge in [-0.3, -0.25) is 4.79 Å². The van der Waals surface area contributed by atoms with Crippen molar-refractivity contribution in [1.82, 2.24) is 15.1 Å². The number of piperazine rings is 1. The standard InChI is InChI=1S/C13H25N3O2/c1-3-15-8-10-16(11-9-15)12(17)13(18-2)4-6-14-7-5-13/h14H,3-11H2,1-2H3. The van der Waals surface area contributed by atoms with Crippen molar-refractivity contribution < 1.29 is 9.53 Å². The van der Waals surface area contributed by atoms with Gasteiger partial charge in [-0.05, 0) is 32.5 Å². The Bertz CT molecular complexity index is 282. The van der Waals surface area contributed by atoms with E-state index in [0.717, 1.165) is 58.7 Å². The summed E-state index contributed by atoms with van der Waals surface area (Å²) >= 11 is 0. The Morgan fingerprint density at radius 1 is 1.22 bits per heavy atom. The van der Waals surface area contributed by atoms with E-state index in [0.29, 0.717) is 0 Å². The molecule has 2 fully saturated rings. The molecule has 1 amide bonds. The van der Waals surface area contributed by atoms with Crippen LogP contribution in [0.1, 0.15) is 19.8 Å². The zero-order valence-corrected chi connectivity index (χ0v) is 11.6. The third-order valence-corrected chi connectivity index (χ3v) is 4.30. The number of piperidine rings is 1. The molecule has 0 radical (unpaired) electrons. The Morgan fingerprint density at radius 3 is 2.33 bits per heavy atom. The number of nitrogens with zero attached hydrogens (tertiary/aromatic N) is 2. The van der Waals surface area contributed by atoms with Gasteiger partial charge in [0, 0.05) is 33.3 Å². The first-order chi connectivity index (χ1) is 8.72. The summed E-state index contributed by atoms with van der Waals surface area (Å²) in [7, 11) is 1.67. The molecule has 0 saturated carbocycles. The lowest BCUT2D eigenvalue weighted by atomic mass is 9.90. The molecule has 0 spiro atoms. The Morgan fingerprint density at radius 2 is 1.83 bits per heavy atom. The number of rotatable bonds is 3. The quantitative estimate of drug-likeness (QED) is 0.766. The topological polar surface area (TPSA) is 44.8 Å². The molecule has 0 aliphatic carbocycles. The molecule has 0 unspecified atom stereocenters. The summed E-state index contributed by atoms with van der Waals surface area (Å²) in [4.78, 5) is 17.0. The molecule has 0 aromatic heterocycles. The number of hydrogen-bond acceptors (Lipinski definition) is 4. The lowest BCUT2D eigenvalue weighted by Crippen LogP contribution is -2.59. The van der Waals surface area contributed by atoms with Gasteiger partial charge in [-0.2, -0.15) is 0 Å². The van der Waals surface area contributed by atoms with Crippen LogP contribution in [0.2, 0.25) is 0 Å². The number of amides is 1. The highest BCUT2D eigenvalue weighted by molar-refractivity contribution is 5.85. The fourth-order valence-corrected chi connectivity index (χ4v) is 2.89. The largest absolute Gasteiger partial charge is 0.368 e. The van der Waals surface area contributed by atoms with Crippen molar-refractivity contribution in [2.45, 2.75) is 25.4 Å². The van der Waals surface area contributed by atoms with Crippen molar-refractivity contribution in [3.8, 4) is 0 Å². The molecule has 1 N–H and O–H groups in total. The lowest BCUT2D eigenvalue weighted by Gasteiger charge is -2.42. The smallest absolute Gasteiger partial charge is 0.254 e. The van der Waals surface area contributed by atoms with Crippen LogP contribution in [0.5, 0.6) is 0 Å². The Labute approximate surface area is 109 Å². The maximum absolute atomic E-state index is 12.7. The third kappa shape index (κ3) is 2.68. The number of likely N-dealkylation sites (N-methyl/N-ethyl adjacent to an activating group) is 1. The van der Waals surface area contributed by atoms with E-state index in [2.05, 4.69) is 17.1 Å². The van der Waals surface area contributed by atoms with Gasteiger partial charge >= 0.3 is 0 Å². The third-order valence-electron chi connectivity index (χ3n) is 4.30. The van der Waals surface area contributed by atoms with E-state index in [-0.39, 0.29) is 5.91 Å². The van der Waals surface area contributed by atoms with Crippen molar-refractivity contribution in [2.24, 2.45) is 0 Å². The molecule has 2 heterocycles. The molecule has 104 valence electrons. The van der Waals surface area contributed by atoms with Gasteiger partial charge in [-0.15, -0.1) is 0 Å². The number of carbonyl (C=O) groups is 1. The molecule has 0 bridgehead atoms. The van der Waals surface area contributed by atoms with Crippen LogP contribution in [0.4, 0.5) is 0 Å². The summed E-state index contributed by atoms with van der Waals surface area (Å²) in [5, 5.41) is 3.29. The first-order valence-electron chi connectivity index (χ1n) is 6.99. The van der Waals surface area contributed by atoms with Crippen LogP contribution in [-0.4, -0.2) is 74.2 Å².